The average Bonchev–Trinajstić information content (AvgIpc) is 2.73. The standard InChI is InChI=1S/C14H16BrNO/c1-3-11-8-12(15)4-5-13(11)16-9-14-10(2)6-7-17-14/h4-8,16H,3,9H2,1-2H3. The topological polar surface area (TPSA) is 25.2 Å². The van der Waals surface area contributed by atoms with Crippen molar-refractivity contribution in [3.05, 3.63) is 51.9 Å². The van der Waals surface area contributed by atoms with Crippen molar-refractivity contribution in [3.8, 4) is 0 Å². The number of halogens is 1. The molecule has 0 unspecified atom stereocenters. The zero-order valence-corrected chi connectivity index (χ0v) is 11.7. The maximum Gasteiger partial charge on any atom is 0.125 e. The van der Waals surface area contributed by atoms with Crippen molar-refractivity contribution in [2.24, 2.45) is 0 Å². The van der Waals surface area contributed by atoms with Gasteiger partial charge < -0.3 is 9.73 Å². The Kier molecular flexibility index (Phi) is 3.89. The fraction of sp³-hybridized carbons (Fsp3) is 0.286. The van der Waals surface area contributed by atoms with Gasteiger partial charge in [0, 0.05) is 10.2 Å². The largest absolute Gasteiger partial charge is 0.467 e. The summed E-state index contributed by atoms with van der Waals surface area (Å²) in [6.45, 7) is 4.95. The summed E-state index contributed by atoms with van der Waals surface area (Å²) in [5.41, 5.74) is 3.67. The molecule has 0 amide bonds. The molecule has 2 aromatic rings. The first-order valence-corrected chi connectivity index (χ1v) is 6.55. The van der Waals surface area contributed by atoms with E-state index in [2.05, 4.69) is 53.3 Å². The molecule has 1 aromatic carbocycles. The minimum absolute atomic E-state index is 0.730. The highest BCUT2D eigenvalue weighted by Gasteiger charge is 2.04. The van der Waals surface area contributed by atoms with Crippen molar-refractivity contribution < 1.29 is 4.42 Å². The molecule has 0 aliphatic heterocycles. The summed E-state index contributed by atoms with van der Waals surface area (Å²) < 4.78 is 6.53. The molecule has 0 aliphatic carbocycles. The van der Waals surface area contributed by atoms with Crippen LogP contribution in [0.5, 0.6) is 0 Å². The molecule has 0 saturated heterocycles. The number of hydrogen-bond donors (Lipinski definition) is 1. The molecular formula is C14H16BrNO. The van der Waals surface area contributed by atoms with Crippen LogP contribution in [0.3, 0.4) is 0 Å². The van der Waals surface area contributed by atoms with E-state index in [9.17, 15) is 0 Å². The molecule has 0 spiro atoms. The lowest BCUT2D eigenvalue weighted by Gasteiger charge is -2.10. The smallest absolute Gasteiger partial charge is 0.125 e. The molecule has 2 rings (SSSR count). The Morgan fingerprint density at radius 3 is 2.76 bits per heavy atom. The molecule has 3 heteroatoms. The van der Waals surface area contributed by atoms with E-state index in [4.69, 9.17) is 4.42 Å². The van der Waals surface area contributed by atoms with Crippen molar-refractivity contribution in [3.63, 3.8) is 0 Å². The molecule has 0 saturated carbocycles. The van der Waals surface area contributed by atoms with Crippen LogP contribution in [0.4, 0.5) is 5.69 Å². The van der Waals surface area contributed by atoms with Gasteiger partial charge in [-0.3, -0.25) is 0 Å². The van der Waals surface area contributed by atoms with Crippen molar-refractivity contribution in [1.82, 2.24) is 0 Å². The average molecular weight is 294 g/mol. The molecule has 0 aliphatic rings. The molecule has 0 radical (unpaired) electrons. The van der Waals surface area contributed by atoms with Gasteiger partial charge in [-0.25, -0.2) is 0 Å². The van der Waals surface area contributed by atoms with E-state index in [0.717, 1.165) is 23.2 Å². The predicted octanol–water partition coefficient (Wildman–Crippen LogP) is 4.53. The van der Waals surface area contributed by atoms with Gasteiger partial charge in [-0.1, -0.05) is 22.9 Å². The maximum atomic E-state index is 5.41. The van der Waals surface area contributed by atoms with Gasteiger partial charge in [0.2, 0.25) is 0 Å². The van der Waals surface area contributed by atoms with Crippen LogP contribution < -0.4 is 5.32 Å². The van der Waals surface area contributed by atoms with Gasteiger partial charge >= 0.3 is 0 Å². The Labute approximate surface area is 110 Å². The number of benzene rings is 1. The van der Waals surface area contributed by atoms with Gasteiger partial charge in [-0.15, -0.1) is 0 Å². The molecule has 90 valence electrons. The lowest BCUT2D eigenvalue weighted by atomic mass is 10.1. The second-order valence-corrected chi connectivity index (χ2v) is 4.95. The summed E-state index contributed by atoms with van der Waals surface area (Å²) in [6.07, 6.45) is 2.74. The first-order valence-electron chi connectivity index (χ1n) is 5.76. The van der Waals surface area contributed by atoms with E-state index in [0.29, 0.717) is 0 Å². The summed E-state index contributed by atoms with van der Waals surface area (Å²) in [7, 11) is 0. The van der Waals surface area contributed by atoms with Crippen LogP contribution >= 0.6 is 15.9 Å². The summed E-state index contributed by atoms with van der Waals surface area (Å²) >= 11 is 3.49. The third-order valence-electron chi connectivity index (χ3n) is 2.86. The van der Waals surface area contributed by atoms with Crippen LogP contribution in [0.2, 0.25) is 0 Å². The van der Waals surface area contributed by atoms with Gasteiger partial charge in [-0.2, -0.15) is 0 Å². The molecule has 0 fully saturated rings. The third-order valence-corrected chi connectivity index (χ3v) is 3.35. The highest BCUT2D eigenvalue weighted by Crippen LogP contribution is 2.22. The minimum atomic E-state index is 0.730. The monoisotopic (exact) mass is 293 g/mol. The van der Waals surface area contributed by atoms with E-state index < -0.39 is 0 Å². The zero-order valence-electron chi connectivity index (χ0n) is 10.1. The van der Waals surface area contributed by atoms with E-state index in [-0.39, 0.29) is 0 Å². The molecule has 17 heavy (non-hydrogen) atoms. The summed E-state index contributed by atoms with van der Waals surface area (Å²) in [4.78, 5) is 0. The minimum Gasteiger partial charge on any atom is -0.467 e. The molecule has 0 bridgehead atoms. The first-order chi connectivity index (χ1) is 8.20. The van der Waals surface area contributed by atoms with Crippen LogP contribution in [0.25, 0.3) is 0 Å². The number of rotatable bonds is 4. The Morgan fingerprint density at radius 2 is 2.12 bits per heavy atom. The SMILES string of the molecule is CCc1cc(Br)ccc1NCc1occc1C. The van der Waals surface area contributed by atoms with Gasteiger partial charge in [0.25, 0.3) is 0 Å². The second-order valence-electron chi connectivity index (χ2n) is 4.04. The van der Waals surface area contributed by atoms with E-state index in [1.54, 1.807) is 6.26 Å². The summed E-state index contributed by atoms with van der Waals surface area (Å²) in [5.74, 6) is 0.995. The third kappa shape index (κ3) is 2.91. The Balaban J connectivity index is 2.11. The van der Waals surface area contributed by atoms with E-state index >= 15 is 0 Å². The molecule has 1 heterocycles. The number of hydrogen-bond acceptors (Lipinski definition) is 2. The van der Waals surface area contributed by atoms with Gasteiger partial charge in [0.05, 0.1) is 12.8 Å². The van der Waals surface area contributed by atoms with Crippen molar-refractivity contribution >= 4 is 21.6 Å². The van der Waals surface area contributed by atoms with Crippen LogP contribution in [0.15, 0.2) is 39.4 Å². The zero-order chi connectivity index (χ0) is 12.3. The van der Waals surface area contributed by atoms with Gasteiger partial charge in [-0.05, 0) is 48.7 Å². The first kappa shape index (κ1) is 12.2. The Morgan fingerprint density at radius 1 is 1.29 bits per heavy atom. The van der Waals surface area contributed by atoms with Crippen molar-refractivity contribution in [2.75, 3.05) is 5.32 Å². The molecule has 1 aromatic heterocycles. The van der Waals surface area contributed by atoms with Crippen LogP contribution in [0.1, 0.15) is 23.8 Å². The van der Waals surface area contributed by atoms with Crippen molar-refractivity contribution in [1.29, 1.82) is 0 Å². The fourth-order valence-electron chi connectivity index (χ4n) is 1.79. The lowest BCUT2D eigenvalue weighted by molar-refractivity contribution is 0.515. The molecule has 0 atom stereocenters. The number of nitrogens with one attached hydrogen (secondary N) is 1. The number of aryl methyl sites for hydroxylation is 2. The van der Waals surface area contributed by atoms with Crippen LogP contribution in [0, 0.1) is 6.92 Å². The van der Waals surface area contributed by atoms with E-state index in [1.165, 1.54) is 16.8 Å². The van der Waals surface area contributed by atoms with Crippen molar-refractivity contribution in [2.45, 2.75) is 26.8 Å². The Bertz CT molecular complexity index is 505. The normalized spacial score (nSPS) is 10.5. The summed E-state index contributed by atoms with van der Waals surface area (Å²) in [6, 6.07) is 8.29. The highest BCUT2D eigenvalue weighted by atomic mass is 79.9. The van der Waals surface area contributed by atoms with Gasteiger partial charge in [0.1, 0.15) is 5.76 Å². The summed E-state index contributed by atoms with van der Waals surface area (Å²) in [5, 5.41) is 3.42. The second kappa shape index (κ2) is 5.41. The predicted molar refractivity (Wildman–Crippen MR) is 74.3 cm³/mol. The number of furan rings is 1. The molecular weight excluding hydrogens is 278 g/mol. The molecule has 1 N–H and O–H groups in total. The lowest BCUT2D eigenvalue weighted by Crippen LogP contribution is -2.02. The van der Waals surface area contributed by atoms with Crippen LogP contribution in [-0.2, 0) is 13.0 Å². The van der Waals surface area contributed by atoms with Crippen LogP contribution in [-0.4, -0.2) is 0 Å². The molecule has 2 nitrogen and oxygen atoms in total. The quantitative estimate of drug-likeness (QED) is 0.896. The number of anilines is 1. The highest BCUT2D eigenvalue weighted by molar-refractivity contribution is 9.10. The Hall–Kier alpha value is -1.22. The van der Waals surface area contributed by atoms with E-state index in [1.807, 2.05) is 6.07 Å². The maximum absolute atomic E-state index is 5.41. The fourth-order valence-corrected chi connectivity index (χ4v) is 2.20. The van der Waals surface area contributed by atoms with Gasteiger partial charge in [0.15, 0.2) is 0 Å².